The van der Waals surface area contributed by atoms with Gasteiger partial charge in [0, 0.05) is 30.3 Å². The minimum absolute atomic E-state index is 0.377. The van der Waals surface area contributed by atoms with Gasteiger partial charge < -0.3 is 27.1 Å². The molecule has 3 aromatic carbocycles. The highest BCUT2D eigenvalue weighted by molar-refractivity contribution is 6.58. The van der Waals surface area contributed by atoms with E-state index in [1.54, 1.807) is 13.8 Å². The first-order chi connectivity index (χ1) is 19.2. The highest BCUT2D eigenvalue weighted by Crippen LogP contribution is 2.45. The molecule has 6 rings (SSSR count). The molecule has 0 N–H and O–H groups in total. The zero-order valence-electron chi connectivity index (χ0n) is 23.1. The normalized spacial score (nSPS) is 15.6. The average Bonchev–Trinajstić information content (AvgIpc) is 3.42. The van der Waals surface area contributed by atoms with Crippen molar-refractivity contribution in [3.8, 4) is 11.5 Å². The fourth-order valence-electron chi connectivity index (χ4n) is 5.94. The van der Waals surface area contributed by atoms with Gasteiger partial charge in [0.05, 0.1) is 5.57 Å². The molecular weight excluding hydrogens is 505 g/mol. The maximum atomic E-state index is 16.1. The van der Waals surface area contributed by atoms with Gasteiger partial charge in [-0.1, -0.05) is 60.7 Å². The lowest BCUT2D eigenvalue weighted by atomic mass is 9.83. The second-order valence-corrected chi connectivity index (χ2v) is 10.6. The van der Waals surface area contributed by atoms with Crippen molar-refractivity contribution in [2.45, 2.75) is 40.9 Å². The van der Waals surface area contributed by atoms with E-state index in [0.717, 1.165) is 33.4 Å². The number of rotatable bonds is 7. The van der Waals surface area contributed by atoms with E-state index in [0.29, 0.717) is 47.5 Å². The largest absolute Gasteiger partial charge is 0.737 e. The van der Waals surface area contributed by atoms with Crippen LogP contribution in [0.25, 0.3) is 5.57 Å². The van der Waals surface area contributed by atoms with Crippen LogP contribution in [0, 0.1) is 13.8 Å². The van der Waals surface area contributed by atoms with Gasteiger partial charge in [0.15, 0.2) is 5.70 Å². The summed E-state index contributed by atoms with van der Waals surface area (Å²) >= 11 is 0. The summed E-state index contributed by atoms with van der Waals surface area (Å²) in [6, 6.07) is 27.4. The van der Waals surface area contributed by atoms with Crippen LogP contribution < -0.4 is 9.47 Å². The third-order valence-electron chi connectivity index (χ3n) is 7.60. The first-order valence-electron chi connectivity index (χ1n) is 13.5. The van der Waals surface area contributed by atoms with Crippen molar-refractivity contribution in [2.75, 3.05) is 0 Å². The van der Waals surface area contributed by atoms with Crippen LogP contribution >= 0.6 is 0 Å². The van der Waals surface area contributed by atoms with Crippen LogP contribution in [0.15, 0.2) is 102 Å². The third kappa shape index (κ3) is 4.45. The molecule has 0 saturated carbocycles. The molecule has 40 heavy (non-hydrogen) atoms. The predicted molar refractivity (Wildman–Crippen MR) is 156 cm³/mol. The fourth-order valence-corrected chi connectivity index (χ4v) is 5.94. The number of hydrogen-bond donors (Lipinski definition) is 0. The minimum Gasteiger partial charge on any atom is -0.489 e. The molecule has 0 atom stereocenters. The molecule has 2 aliphatic heterocycles. The lowest BCUT2D eigenvalue weighted by molar-refractivity contribution is -0.363. The van der Waals surface area contributed by atoms with Crippen molar-refractivity contribution in [3.05, 3.63) is 136 Å². The second-order valence-electron chi connectivity index (χ2n) is 10.6. The molecule has 0 unspecified atom stereocenters. The van der Waals surface area contributed by atoms with Crippen molar-refractivity contribution in [2.24, 2.45) is 0 Å². The Kier molecular flexibility index (Phi) is 6.45. The molecule has 0 fully saturated rings. The first-order valence-corrected chi connectivity index (χ1v) is 13.5. The van der Waals surface area contributed by atoms with Crippen LogP contribution in [0.3, 0.4) is 0 Å². The molecule has 202 valence electrons. The summed E-state index contributed by atoms with van der Waals surface area (Å²) in [5.74, 6) is 1.22. The van der Waals surface area contributed by atoms with E-state index in [1.807, 2.05) is 105 Å². The monoisotopic (exact) mass is 536 g/mol. The van der Waals surface area contributed by atoms with E-state index in [9.17, 15) is 0 Å². The van der Waals surface area contributed by atoms with E-state index in [-0.39, 0.29) is 0 Å². The Morgan fingerprint density at radius 3 is 1.85 bits per heavy atom. The van der Waals surface area contributed by atoms with Crippen LogP contribution in [0.2, 0.25) is 0 Å². The Morgan fingerprint density at radius 2 is 1.30 bits per heavy atom. The maximum absolute atomic E-state index is 16.1. The van der Waals surface area contributed by atoms with Gasteiger partial charge in [0.25, 0.3) is 0 Å². The predicted octanol–water partition coefficient (Wildman–Crippen LogP) is 7.69. The lowest BCUT2D eigenvalue weighted by Gasteiger charge is -2.34. The summed E-state index contributed by atoms with van der Waals surface area (Å²) in [6.07, 6.45) is 1.84. The van der Waals surface area contributed by atoms with Crippen molar-refractivity contribution in [1.82, 2.24) is 4.48 Å². The van der Waals surface area contributed by atoms with Gasteiger partial charge in [-0.25, -0.2) is 0 Å². The molecule has 0 amide bonds. The van der Waals surface area contributed by atoms with Crippen molar-refractivity contribution in [1.29, 1.82) is 0 Å². The zero-order chi connectivity index (χ0) is 28.0. The minimum atomic E-state index is -4.05. The van der Waals surface area contributed by atoms with Crippen molar-refractivity contribution in [3.63, 3.8) is 0 Å². The van der Waals surface area contributed by atoms with Gasteiger partial charge in [0.2, 0.25) is 0 Å². The molecule has 0 bridgehead atoms. The third-order valence-corrected chi connectivity index (χ3v) is 7.60. The average molecular weight is 536 g/mol. The van der Waals surface area contributed by atoms with Crippen LogP contribution in [0.1, 0.15) is 47.5 Å². The van der Waals surface area contributed by atoms with Gasteiger partial charge in [-0.05, 0) is 66.9 Å². The molecule has 0 saturated heterocycles. The summed E-state index contributed by atoms with van der Waals surface area (Å²) in [5, 5.41) is 0. The summed E-state index contributed by atoms with van der Waals surface area (Å²) in [7, 11) is 0. The molecule has 4 aromatic rings. The molecule has 0 aliphatic carbocycles. The second kappa shape index (κ2) is 9.98. The van der Waals surface area contributed by atoms with Crippen molar-refractivity contribution < 1.29 is 22.6 Å². The SMILES string of the molecule is CC1=CC(C)=[N+]2C1=C(c1cc(OCc3ccccc3)cc(OCc3ccccc3)c1)c1c(C)cc(C)n1[B-]2(F)F. The lowest BCUT2D eigenvalue weighted by Crippen LogP contribution is -2.51. The summed E-state index contributed by atoms with van der Waals surface area (Å²) in [4.78, 5) is 0. The Balaban J connectivity index is 1.51. The van der Waals surface area contributed by atoms with Crippen LogP contribution in [-0.4, -0.2) is 21.6 Å². The molecule has 3 heterocycles. The molecular formula is C33H31BF2N2O2. The molecule has 4 nitrogen and oxygen atoms in total. The Labute approximate surface area is 233 Å². The summed E-state index contributed by atoms with van der Waals surface area (Å²) in [6.45, 7) is 3.98. The Bertz CT molecular complexity index is 1640. The number of nitrogens with zero attached hydrogens (tertiary/aromatic N) is 2. The number of allylic oxidation sites excluding steroid dienone is 2. The smallest absolute Gasteiger partial charge is 0.489 e. The van der Waals surface area contributed by atoms with E-state index in [4.69, 9.17) is 9.47 Å². The standard InChI is InChI=1S/C33H31BF2N2O2/c1-22-15-24(3)37-32(22)31(33-23(2)16-25(4)38(33)34(37,35)36)28-17-29(39-20-26-11-7-5-8-12-26)19-30(18-28)40-21-27-13-9-6-10-14-27/h5-19H,20-21H2,1-4H3. The van der Waals surface area contributed by atoms with Gasteiger partial charge in [-0.3, -0.25) is 0 Å². The highest BCUT2D eigenvalue weighted by atomic mass is 19.2. The highest BCUT2D eigenvalue weighted by Gasteiger charge is 2.55. The van der Waals surface area contributed by atoms with Gasteiger partial charge in [-0.2, -0.15) is 0 Å². The first kappa shape index (κ1) is 25.9. The van der Waals surface area contributed by atoms with Crippen LogP contribution in [0.4, 0.5) is 8.63 Å². The number of hydrogen-bond acceptors (Lipinski definition) is 2. The molecule has 1 aromatic heterocycles. The molecule has 2 aliphatic rings. The van der Waals surface area contributed by atoms with Crippen LogP contribution in [-0.2, 0) is 13.2 Å². The maximum Gasteiger partial charge on any atom is 0.737 e. The number of fused-ring (bicyclic) bond motifs is 2. The number of ether oxygens (including phenoxy) is 2. The van der Waals surface area contributed by atoms with Gasteiger partial charge in [-0.15, -0.1) is 0 Å². The number of aryl methyl sites for hydroxylation is 2. The summed E-state index contributed by atoms with van der Waals surface area (Å²) < 4.78 is 47.2. The molecule has 0 spiro atoms. The quantitative estimate of drug-likeness (QED) is 0.227. The van der Waals surface area contributed by atoms with Crippen molar-refractivity contribution >= 4 is 18.3 Å². The Morgan fingerprint density at radius 1 is 0.750 bits per heavy atom. The number of benzene rings is 3. The van der Waals surface area contributed by atoms with Crippen LogP contribution in [0.5, 0.6) is 11.5 Å². The van der Waals surface area contributed by atoms with Gasteiger partial charge >= 0.3 is 6.97 Å². The summed E-state index contributed by atoms with van der Waals surface area (Å²) in [5.41, 5.74) is 7.33. The topological polar surface area (TPSA) is 26.4 Å². The van der Waals surface area contributed by atoms with E-state index >= 15 is 8.63 Å². The van der Waals surface area contributed by atoms with E-state index in [2.05, 4.69) is 0 Å². The van der Waals surface area contributed by atoms with Gasteiger partial charge in [0.1, 0.15) is 30.4 Å². The van der Waals surface area contributed by atoms with E-state index in [1.165, 1.54) is 8.96 Å². The molecule has 7 heteroatoms. The zero-order valence-corrected chi connectivity index (χ0v) is 23.1. The van der Waals surface area contributed by atoms with E-state index < -0.39 is 6.97 Å². The number of aromatic nitrogens is 1. The number of halogens is 2. The fraction of sp³-hybridized carbons (Fsp3) is 0.182. The molecule has 0 radical (unpaired) electrons. The Hall–Kier alpha value is -4.39.